The number of carbonyl (C=O) groups excluding carboxylic acids is 1. The van der Waals surface area contributed by atoms with Gasteiger partial charge in [-0.3, -0.25) is 4.79 Å². The van der Waals surface area contributed by atoms with E-state index < -0.39 is 0 Å². The highest BCUT2D eigenvalue weighted by atomic mass is 16.5. The van der Waals surface area contributed by atoms with E-state index in [0.29, 0.717) is 6.61 Å². The molecule has 4 heteroatoms. The van der Waals surface area contributed by atoms with Crippen LogP contribution < -0.4 is 10.6 Å². The first-order valence-electron chi connectivity index (χ1n) is 7.81. The first kappa shape index (κ1) is 14.8. The molecule has 1 saturated heterocycles. The van der Waals surface area contributed by atoms with Crippen LogP contribution in [0.15, 0.2) is 0 Å². The Morgan fingerprint density at radius 1 is 1.32 bits per heavy atom. The Hall–Kier alpha value is -0.610. The summed E-state index contributed by atoms with van der Waals surface area (Å²) in [5.74, 6) is 1.71. The quantitative estimate of drug-likeness (QED) is 0.816. The highest BCUT2D eigenvalue weighted by Gasteiger charge is 2.28. The SMILES string of the molecule is CC1CCCCC1CCNC(=O)[C@H]1NCCO[C@@H]1C. The van der Waals surface area contributed by atoms with Gasteiger partial charge in [0.05, 0.1) is 12.7 Å². The topological polar surface area (TPSA) is 50.4 Å². The lowest BCUT2D eigenvalue weighted by molar-refractivity contribution is -0.129. The van der Waals surface area contributed by atoms with E-state index in [1.807, 2.05) is 6.92 Å². The second-order valence-electron chi connectivity index (χ2n) is 6.11. The summed E-state index contributed by atoms with van der Waals surface area (Å²) < 4.78 is 5.50. The van der Waals surface area contributed by atoms with Crippen LogP contribution in [0.3, 0.4) is 0 Å². The monoisotopic (exact) mass is 268 g/mol. The van der Waals surface area contributed by atoms with Crippen molar-refractivity contribution in [1.29, 1.82) is 0 Å². The molecule has 2 N–H and O–H groups in total. The highest BCUT2D eigenvalue weighted by molar-refractivity contribution is 5.82. The number of rotatable bonds is 4. The van der Waals surface area contributed by atoms with E-state index in [-0.39, 0.29) is 18.1 Å². The summed E-state index contributed by atoms with van der Waals surface area (Å²) in [6.45, 7) is 6.58. The Balaban J connectivity index is 1.68. The Bertz CT molecular complexity index is 296. The van der Waals surface area contributed by atoms with Crippen LogP contribution in [0.5, 0.6) is 0 Å². The smallest absolute Gasteiger partial charge is 0.239 e. The molecule has 1 saturated carbocycles. The fraction of sp³-hybridized carbons (Fsp3) is 0.933. The third-order valence-electron chi connectivity index (χ3n) is 4.70. The second-order valence-corrected chi connectivity index (χ2v) is 6.11. The second kappa shape index (κ2) is 7.25. The number of ether oxygens (including phenoxy) is 1. The first-order valence-corrected chi connectivity index (χ1v) is 7.81. The van der Waals surface area contributed by atoms with Crippen molar-refractivity contribution < 1.29 is 9.53 Å². The maximum absolute atomic E-state index is 12.1. The third-order valence-corrected chi connectivity index (χ3v) is 4.70. The summed E-state index contributed by atoms with van der Waals surface area (Å²) in [6, 6.07) is -0.183. The van der Waals surface area contributed by atoms with Crippen molar-refractivity contribution >= 4 is 5.91 Å². The van der Waals surface area contributed by atoms with E-state index in [0.717, 1.165) is 31.3 Å². The minimum atomic E-state index is -0.183. The molecule has 1 heterocycles. The van der Waals surface area contributed by atoms with E-state index in [9.17, 15) is 4.79 Å². The van der Waals surface area contributed by atoms with E-state index in [1.165, 1.54) is 25.7 Å². The minimum absolute atomic E-state index is 0.0256. The normalized spacial score (nSPS) is 35.9. The molecular formula is C15H28N2O2. The zero-order valence-electron chi connectivity index (χ0n) is 12.3. The fourth-order valence-corrected chi connectivity index (χ4v) is 3.34. The average Bonchev–Trinajstić information content (AvgIpc) is 2.41. The Morgan fingerprint density at radius 2 is 2.11 bits per heavy atom. The zero-order valence-corrected chi connectivity index (χ0v) is 12.3. The summed E-state index contributed by atoms with van der Waals surface area (Å²) in [7, 11) is 0. The van der Waals surface area contributed by atoms with Gasteiger partial charge in [-0.25, -0.2) is 0 Å². The van der Waals surface area contributed by atoms with Gasteiger partial charge in [-0.2, -0.15) is 0 Å². The lowest BCUT2D eigenvalue weighted by Crippen LogP contribution is -2.55. The largest absolute Gasteiger partial charge is 0.375 e. The van der Waals surface area contributed by atoms with Crippen molar-refractivity contribution in [3.8, 4) is 0 Å². The molecule has 0 aromatic heterocycles. The predicted octanol–water partition coefficient (Wildman–Crippen LogP) is 1.70. The van der Waals surface area contributed by atoms with Crippen LogP contribution in [0.4, 0.5) is 0 Å². The van der Waals surface area contributed by atoms with E-state index in [4.69, 9.17) is 4.74 Å². The van der Waals surface area contributed by atoms with E-state index in [2.05, 4.69) is 17.6 Å². The Morgan fingerprint density at radius 3 is 2.84 bits per heavy atom. The standard InChI is InChI=1S/C15H28N2O2/c1-11-5-3-4-6-13(11)7-8-17-15(18)14-12(2)19-10-9-16-14/h11-14,16H,3-10H2,1-2H3,(H,17,18)/t11?,12-,13?,14+/m1/s1. The molecule has 1 amide bonds. The van der Waals surface area contributed by atoms with Crippen molar-refractivity contribution in [2.24, 2.45) is 11.8 Å². The summed E-state index contributed by atoms with van der Waals surface area (Å²) in [5, 5.41) is 6.30. The molecular weight excluding hydrogens is 240 g/mol. The fourth-order valence-electron chi connectivity index (χ4n) is 3.34. The molecule has 4 atom stereocenters. The van der Waals surface area contributed by atoms with E-state index >= 15 is 0 Å². The Labute approximate surface area is 116 Å². The number of nitrogens with one attached hydrogen (secondary N) is 2. The summed E-state index contributed by atoms with van der Waals surface area (Å²) in [6.07, 6.45) is 6.52. The van der Waals surface area contributed by atoms with Gasteiger partial charge in [-0.1, -0.05) is 32.6 Å². The van der Waals surface area contributed by atoms with Gasteiger partial charge in [0.1, 0.15) is 6.04 Å². The zero-order chi connectivity index (χ0) is 13.7. The van der Waals surface area contributed by atoms with Gasteiger partial charge in [0.25, 0.3) is 0 Å². The van der Waals surface area contributed by atoms with Gasteiger partial charge < -0.3 is 15.4 Å². The van der Waals surface area contributed by atoms with Crippen molar-refractivity contribution in [2.45, 2.75) is 58.1 Å². The Kier molecular flexibility index (Phi) is 5.64. The molecule has 4 nitrogen and oxygen atoms in total. The number of morpholine rings is 1. The molecule has 0 aromatic rings. The highest BCUT2D eigenvalue weighted by Crippen LogP contribution is 2.31. The maximum atomic E-state index is 12.1. The number of hydrogen-bond acceptors (Lipinski definition) is 3. The van der Waals surface area contributed by atoms with Crippen molar-refractivity contribution in [3.05, 3.63) is 0 Å². The van der Waals surface area contributed by atoms with Gasteiger partial charge >= 0.3 is 0 Å². The van der Waals surface area contributed by atoms with Crippen molar-refractivity contribution in [2.75, 3.05) is 19.7 Å². The van der Waals surface area contributed by atoms with Crippen LogP contribution in [0.2, 0.25) is 0 Å². The molecule has 0 bridgehead atoms. The predicted molar refractivity (Wildman–Crippen MR) is 76.0 cm³/mol. The lowest BCUT2D eigenvalue weighted by Gasteiger charge is -2.31. The molecule has 2 unspecified atom stereocenters. The molecule has 110 valence electrons. The molecule has 2 rings (SSSR count). The molecule has 0 aromatic carbocycles. The molecule has 1 aliphatic carbocycles. The molecule has 0 spiro atoms. The molecule has 1 aliphatic heterocycles. The molecule has 0 radical (unpaired) electrons. The lowest BCUT2D eigenvalue weighted by atomic mass is 9.79. The number of amides is 1. The average molecular weight is 268 g/mol. The van der Waals surface area contributed by atoms with Gasteiger partial charge in [-0.15, -0.1) is 0 Å². The maximum Gasteiger partial charge on any atom is 0.239 e. The van der Waals surface area contributed by atoms with Crippen LogP contribution in [-0.4, -0.2) is 37.7 Å². The van der Waals surface area contributed by atoms with Gasteiger partial charge in [0, 0.05) is 13.1 Å². The van der Waals surface area contributed by atoms with Crippen molar-refractivity contribution in [3.63, 3.8) is 0 Å². The van der Waals surface area contributed by atoms with Crippen LogP contribution in [0.25, 0.3) is 0 Å². The van der Waals surface area contributed by atoms with Crippen molar-refractivity contribution in [1.82, 2.24) is 10.6 Å². The van der Waals surface area contributed by atoms with Crippen LogP contribution in [0.1, 0.15) is 46.0 Å². The van der Waals surface area contributed by atoms with Crippen LogP contribution in [-0.2, 0) is 9.53 Å². The summed E-state index contributed by atoms with van der Waals surface area (Å²) in [5.41, 5.74) is 0. The van der Waals surface area contributed by atoms with Crippen LogP contribution >= 0.6 is 0 Å². The summed E-state index contributed by atoms with van der Waals surface area (Å²) >= 11 is 0. The number of hydrogen-bond donors (Lipinski definition) is 2. The molecule has 2 aliphatic rings. The van der Waals surface area contributed by atoms with Crippen LogP contribution in [0, 0.1) is 11.8 Å². The number of carbonyl (C=O) groups is 1. The van der Waals surface area contributed by atoms with Gasteiger partial charge in [0.15, 0.2) is 0 Å². The molecule has 2 fully saturated rings. The third kappa shape index (κ3) is 4.18. The van der Waals surface area contributed by atoms with Gasteiger partial charge in [-0.05, 0) is 25.2 Å². The molecule has 19 heavy (non-hydrogen) atoms. The first-order chi connectivity index (χ1) is 9.18. The minimum Gasteiger partial charge on any atom is -0.375 e. The summed E-state index contributed by atoms with van der Waals surface area (Å²) in [4.78, 5) is 12.1. The van der Waals surface area contributed by atoms with Gasteiger partial charge in [0.2, 0.25) is 5.91 Å². The van der Waals surface area contributed by atoms with E-state index in [1.54, 1.807) is 0 Å².